The predicted octanol–water partition coefficient (Wildman–Crippen LogP) is 3.38. The zero-order chi connectivity index (χ0) is 18.1. The molecule has 1 aliphatic rings. The molecule has 1 fully saturated rings. The predicted molar refractivity (Wildman–Crippen MR) is 94.0 cm³/mol. The smallest absolute Gasteiger partial charge is 0.487 e. The third-order valence-corrected chi connectivity index (χ3v) is 4.74. The van der Waals surface area contributed by atoms with Crippen molar-refractivity contribution in [2.24, 2.45) is 0 Å². The molecule has 0 atom stereocenters. The van der Waals surface area contributed by atoms with E-state index in [9.17, 15) is 10.1 Å². The number of unbranched alkanes of at least 4 members (excludes halogenated alkanes) is 1. The van der Waals surface area contributed by atoms with E-state index >= 15 is 0 Å². The van der Waals surface area contributed by atoms with Gasteiger partial charge in [-0.25, -0.2) is 0 Å². The highest BCUT2D eigenvalue weighted by Crippen LogP contribution is 2.37. The van der Waals surface area contributed by atoms with Crippen LogP contribution in [-0.2, 0) is 9.31 Å². The fourth-order valence-corrected chi connectivity index (χ4v) is 2.54. The van der Waals surface area contributed by atoms with Gasteiger partial charge in [0.25, 0.3) is 0 Å². The number of benzene rings is 1. The topological polar surface area (TPSA) is 70.8 Å². The first-order valence-corrected chi connectivity index (χ1v) is 8.36. The van der Waals surface area contributed by atoms with Gasteiger partial charge >= 0.3 is 12.8 Å². The van der Waals surface area contributed by atoms with Crippen LogP contribution in [0.2, 0.25) is 0 Å². The molecular formula is C17H26BNO5. The summed E-state index contributed by atoms with van der Waals surface area (Å²) < 4.78 is 17.6. The van der Waals surface area contributed by atoms with E-state index in [4.69, 9.17) is 14.0 Å². The summed E-state index contributed by atoms with van der Waals surface area (Å²) in [6.07, 6.45) is 1.83. The Bertz CT molecular complexity index is 614. The number of ether oxygens (including phenoxy) is 1. The second-order valence-electron chi connectivity index (χ2n) is 7.23. The molecule has 0 amide bonds. The minimum Gasteiger partial charge on any atom is -0.487 e. The van der Waals surface area contributed by atoms with Gasteiger partial charge in [-0.05, 0) is 52.1 Å². The van der Waals surface area contributed by atoms with Crippen LogP contribution in [0.15, 0.2) is 12.1 Å². The second kappa shape index (κ2) is 6.72. The Morgan fingerprint density at radius 3 is 2.29 bits per heavy atom. The van der Waals surface area contributed by atoms with Crippen molar-refractivity contribution < 1.29 is 19.0 Å². The number of nitrogens with zero attached hydrogens (tertiary/aromatic N) is 1. The summed E-state index contributed by atoms with van der Waals surface area (Å²) in [4.78, 5) is 11.1. The van der Waals surface area contributed by atoms with Crippen LogP contribution in [0.1, 0.15) is 53.0 Å². The van der Waals surface area contributed by atoms with E-state index in [2.05, 4.69) is 0 Å². The minimum atomic E-state index is -0.628. The van der Waals surface area contributed by atoms with E-state index in [1.54, 1.807) is 0 Å². The highest BCUT2D eigenvalue weighted by Gasteiger charge is 2.52. The zero-order valence-corrected chi connectivity index (χ0v) is 15.3. The number of aryl methyl sites for hydroxylation is 1. The van der Waals surface area contributed by atoms with Crippen LogP contribution >= 0.6 is 0 Å². The van der Waals surface area contributed by atoms with Crippen molar-refractivity contribution in [2.75, 3.05) is 6.61 Å². The van der Waals surface area contributed by atoms with Gasteiger partial charge < -0.3 is 14.0 Å². The average molecular weight is 335 g/mol. The first-order valence-electron chi connectivity index (χ1n) is 8.36. The van der Waals surface area contributed by atoms with Crippen molar-refractivity contribution in [3.63, 3.8) is 0 Å². The van der Waals surface area contributed by atoms with Gasteiger partial charge in [-0.1, -0.05) is 19.4 Å². The largest absolute Gasteiger partial charge is 0.495 e. The van der Waals surface area contributed by atoms with Gasteiger partial charge in [-0.15, -0.1) is 0 Å². The standard InChI is InChI=1S/C17H26BNO5/c1-7-8-9-22-15-12(2)10-13(11-14(15)19(20)21)18-23-16(3,4)17(5,6)24-18/h10-11H,7-9H2,1-6H3. The number of nitro groups is 1. The minimum absolute atomic E-state index is 0.0455. The summed E-state index contributed by atoms with van der Waals surface area (Å²) in [6.45, 7) is 12.1. The highest BCUT2D eigenvalue weighted by molar-refractivity contribution is 6.62. The van der Waals surface area contributed by atoms with Crippen molar-refractivity contribution in [2.45, 2.75) is 65.6 Å². The van der Waals surface area contributed by atoms with Crippen LogP contribution in [0.5, 0.6) is 5.75 Å². The molecule has 0 radical (unpaired) electrons. The molecule has 0 aliphatic carbocycles. The SMILES string of the molecule is CCCCOc1c(C)cc(B2OC(C)(C)C(C)(C)O2)cc1[N+](=O)[O-]. The summed E-state index contributed by atoms with van der Waals surface area (Å²) in [5.74, 6) is 0.328. The fourth-order valence-electron chi connectivity index (χ4n) is 2.54. The molecule has 2 rings (SSSR count). The van der Waals surface area contributed by atoms with Gasteiger partial charge in [0.2, 0.25) is 0 Å². The molecule has 1 heterocycles. The molecule has 24 heavy (non-hydrogen) atoms. The Balaban J connectivity index is 2.35. The molecule has 0 aromatic heterocycles. The van der Waals surface area contributed by atoms with Crippen LogP contribution in [0.4, 0.5) is 5.69 Å². The second-order valence-corrected chi connectivity index (χ2v) is 7.23. The van der Waals surface area contributed by atoms with Gasteiger partial charge in [-0.2, -0.15) is 0 Å². The molecule has 1 aromatic carbocycles. The molecular weight excluding hydrogens is 309 g/mol. The lowest BCUT2D eigenvalue weighted by Gasteiger charge is -2.32. The van der Waals surface area contributed by atoms with Crippen molar-refractivity contribution >= 4 is 18.3 Å². The van der Waals surface area contributed by atoms with Crippen LogP contribution in [0, 0.1) is 17.0 Å². The lowest BCUT2D eigenvalue weighted by atomic mass is 9.78. The lowest BCUT2D eigenvalue weighted by Crippen LogP contribution is -2.41. The first kappa shape index (κ1) is 18.7. The quantitative estimate of drug-likeness (QED) is 0.345. The molecule has 7 heteroatoms. The molecule has 6 nitrogen and oxygen atoms in total. The van der Waals surface area contributed by atoms with E-state index in [1.165, 1.54) is 6.07 Å². The van der Waals surface area contributed by atoms with E-state index in [0.29, 0.717) is 23.4 Å². The number of nitro benzene ring substituents is 1. The molecule has 0 spiro atoms. The third-order valence-electron chi connectivity index (χ3n) is 4.74. The summed E-state index contributed by atoms with van der Waals surface area (Å²) in [5, 5.41) is 11.5. The highest BCUT2D eigenvalue weighted by atomic mass is 16.7. The molecule has 1 aliphatic heterocycles. The summed E-state index contributed by atoms with van der Waals surface area (Å²) >= 11 is 0. The Morgan fingerprint density at radius 1 is 1.21 bits per heavy atom. The van der Waals surface area contributed by atoms with E-state index < -0.39 is 23.2 Å². The normalized spacial score (nSPS) is 18.7. The number of rotatable bonds is 6. The van der Waals surface area contributed by atoms with Crippen LogP contribution in [0.3, 0.4) is 0 Å². The number of hydrogen-bond donors (Lipinski definition) is 0. The molecule has 1 saturated heterocycles. The fraction of sp³-hybridized carbons (Fsp3) is 0.647. The Morgan fingerprint density at radius 2 is 1.79 bits per heavy atom. The molecule has 0 bridgehead atoms. The molecule has 0 unspecified atom stereocenters. The maximum atomic E-state index is 11.5. The maximum absolute atomic E-state index is 11.5. The summed E-state index contributed by atoms with van der Waals surface area (Å²) in [7, 11) is -0.628. The van der Waals surface area contributed by atoms with Crippen LogP contribution < -0.4 is 10.2 Å². The Labute approximate surface area is 143 Å². The van der Waals surface area contributed by atoms with E-state index in [1.807, 2.05) is 47.6 Å². The van der Waals surface area contributed by atoms with E-state index in [-0.39, 0.29) is 5.69 Å². The average Bonchev–Trinajstić information content (AvgIpc) is 2.68. The zero-order valence-electron chi connectivity index (χ0n) is 15.3. The molecule has 0 saturated carbocycles. The summed E-state index contributed by atoms with van der Waals surface area (Å²) in [5.41, 5.74) is 0.328. The van der Waals surface area contributed by atoms with Crippen molar-refractivity contribution in [3.05, 3.63) is 27.8 Å². The molecule has 1 aromatic rings. The van der Waals surface area contributed by atoms with Gasteiger partial charge in [-0.3, -0.25) is 10.1 Å². The van der Waals surface area contributed by atoms with Crippen LogP contribution in [0.25, 0.3) is 0 Å². The summed E-state index contributed by atoms with van der Waals surface area (Å²) in [6, 6.07) is 3.34. The van der Waals surface area contributed by atoms with Crippen molar-refractivity contribution in [1.82, 2.24) is 0 Å². The first-order chi connectivity index (χ1) is 11.1. The Kier molecular flexibility index (Phi) is 5.25. The monoisotopic (exact) mass is 335 g/mol. The van der Waals surface area contributed by atoms with Crippen molar-refractivity contribution in [1.29, 1.82) is 0 Å². The van der Waals surface area contributed by atoms with Gasteiger partial charge in [0.05, 0.1) is 22.7 Å². The third kappa shape index (κ3) is 3.57. The van der Waals surface area contributed by atoms with Gasteiger partial charge in [0.15, 0.2) is 5.75 Å². The van der Waals surface area contributed by atoms with Crippen molar-refractivity contribution in [3.8, 4) is 5.75 Å². The lowest BCUT2D eigenvalue weighted by molar-refractivity contribution is -0.385. The van der Waals surface area contributed by atoms with E-state index in [0.717, 1.165) is 12.8 Å². The van der Waals surface area contributed by atoms with Gasteiger partial charge in [0, 0.05) is 6.07 Å². The maximum Gasteiger partial charge on any atom is 0.495 e. The Hall–Kier alpha value is -1.60. The van der Waals surface area contributed by atoms with Crippen LogP contribution in [-0.4, -0.2) is 29.9 Å². The molecule has 132 valence electrons. The molecule has 0 N–H and O–H groups in total. The number of hydrogen-bond acceptors (Lipinski definition) is 5. The van der Waals surface area contributed by atoms with Gasteiger partial charge in [0.1, 0.15) is 0 Å².